The minimum atomic E-state index is -0.552. The summed E-state index contributed by atoms with van der Waals surface area (Å²) in [6.07, 6.45) is 1.28. The average molecular weight is 321 g/mol. The van der Waals surface area contributed by atoms with Crippen LogP contribution in [-0.4, -0.2) is 11.8 Å². The number of anilines is 3. The summed E-state index contributed by atoms with van der Waals surface area (Å²) in [5, 5.41) is 14.5. The number of benzene rings is 2. The Morgan fingerprint density at radius 1 is 1.00 bits per heavy atom. The van der Waals surface area contributed by atoms with Crippen molar-refractivity contribution in [1.29, 1.82) is 5.26 Å². The minimum absolute atomic E-state index is 0.106. The molecule has 0 aromatic heterocycles. The van der Waals surface area contributed by atoms with Crippen LogP contribution in [-0.2, 0) is 4.79 Å². The third-order valence-corrected chi connectivity index (χ3v) is 3.09. The molecule has 0 bridgehead atoms. The first-order chi connectivity index (χ1) is 11.5. The number of nitriles is 1. The number of nitrogens with two attached hydrogens (primary N) is 2. The van der Waals surface area contributed by atoms with Crippen molar-refractivity contribution in [2.45, 2.75) is 0 Å². The zero-order chi connectivity index (χ0) is 17.5. The van der Waals surface area contributed by atoms with E-state index in [-0.39, 0.29) is 5.57 Å². The van der Waals surface area contributed by atoms with Crippen molar-refractivity contribution in [1.82, 2.24) is 0 Å². The van der Waals surface area contributed by atoms with Crippen LogP contribution in [0.3, 0.4) is 0 Å². The fourth-order valence-corrected chi connectivity index (χ4v) is 1.80. The predicted molar refractivity (Wildman–Crippen MR) is 91.8 cm³/mol. The lowest BCUT2D eigenvalue weighted by molar-refractivity contribution is -0.112. The van der Waals surface area contributed by atoms with Crippen LogP contribution in [0.15, 0.2) is 60.3 Å². The van der Waals surface area contributed by atoms with Crippen molar-refractivity contribution in [3.05, 3.63) is 65.9 Å². The molecule has 2 amide bonds. The van der Waals surface area contributed by atoms with Crippen molar-refractivity contribution in [2.75, 3.05) is 16.4 Å². The van der Waals surface area contributed by atoms with E-state index in [1.165, 1.54) is 6.20 Å². The van der Waals surface area contributed by atoms with Gasteiger partial charge in [-0.3, -0.25) is 9.59 Å². The third kappa shape index (κ3) is 4.35. The average Bonchev–Trinajstić information content (AvgIpc) is 2.58. The second-order valence-corrected chi connectivity index (χ2v) is 4.83. The van der Waals surface area contributed by atoms with Crippen LogP contribution in [0.1, 0.15) is 10.4 Å². The van der Waals surface area contributed by atoms with Gasteiger partial charge in [0.15, 0.2) is 0 Å². The van der Waals surface area contributed by atoms with Gasteiger partial charge in [0.25, 0.3) is 5.91 Å². The zero-order valence-electron chi connectivity index (χ0n) is 12.6. The van der Waals surface area contributed by atoms with Gasteiger partial charge < -0.3 is 22.1 Å². The molecule has 2 aromatic carbocycles. The molecule has 24 heavy (non-hydrogen) atoms. The van der Waals surface area contributed by atoms with E-state index < -0.39 is 11.8 Å². The molecule has 6 N–H and O–H groups in total. The van der Waals surface area contributed by atoms with Crippen molar-refractivity contribution in [3.8, 4) is 6.07 Å². The first-order valence-corrected chi connectivity index (χ1v) is 6.93. The molecule has 0 aliphatic heterocycles. The van der Waals surface area contributed by atoms with E-state index in [0.717, 1.165) is 0 Å². The van der Waals surface area contributed by atoms with Gasteiger partial charge >= 0.3 is 0 Å². The molecular formula is C17H15N5O2. The van der Waals surface area contributed by atoms with Gasteiger partial charge in [0.05, 0.1) is 0 Å². The van der Waals surface area contributed by atoms with Gasteiger partial charge in [-0.1, -0.05) is 0 Å². The first kappa shape index (κ1) is 16.6. The van der Waals surface area contributed by atoms with E-state index in [4.69, 9.17) is 16.7 Å². The van der Waals surface area contributed by atoms with Gasteiger partial charge in [-0.2, -0.15) is 5.26 Å². The topological polar surface area (TPSA) is 134 Å². The van der Waals surface area contributed by atoms with E-state index >= 15 is 0 Å². The Morgan fingerprint density at radius 2 is 1.58 bits per heavy atom. The Bertz CT molecular complexity index is 818. The van der Waals surface area contributed by atoms with Crippen LogP contribution in [0.4, 0.5) is 17.1 Å². The summed E-state index contributed by atoms with van der Waals surface area (Å²) >= 11 is 0. The Balaban J connectivity index is 2.05. The zero-order valence-corrected chi connectivity index (χ0v) is 12.6. The van der Waals surface area contributed by atoms with Crippen molar-refractivity contribution < 1.29 is 9.59 Å². The molecule has 0 radical (unpaired) electrons. The van der Waals surface area contributed by atoms with Gasteiger partial charge in [0, 0.05) is 28.8 Å². The highest BCUT2D eigenvalue weighted by Gasteiger charge is 2.09. The Labute approximate surface area is 138 Å². The van der Waals surface area contributed by atoms with Gasteiger partial charge in [0.1, 0.15) is 11.6 Å². The largest absolute Gasteiger partial charge is 0.399 e. The number of nitrogen functional groups attached to an aromatic ring is 1. The quantitative estimate of drug-likeness (QED) is 0.378. The fourth-order valence-electron chi connectivity index (χ4n) is 1.80. The third-order valence-electron chi connectivity index (χ3n) is 3.09. The maximum absolute atomic E-state index is 12.1. The van der Waals surface area contributed by atoms with Gasteiger partial charge in [-0.05, 0) is 48.5 Å². The molecule has 0 heterocycles. The minimum Gasteiger partial charge on any atom is -0.399 e. The maximum atomic E-state index is 12.1. The maximum Gasteiger partial charge on any atom is 0.267 e. The summed E-state index contributed by atoms with van der Waals surface area (Å²) < 4.78 is 0. The van der Waals surface area contributed by atoms with E-state index in [1.807, 2.05) is 6.07 Å². The fraction of sp³-hybridized carbons (Fsp3) is 0. The Hall–Kier alpha value is -3.79. The van der Waals surface area contributed by atoms with Crippen molar-refractivity contribution >= 4 is 28.9 Å². The van der Waals surface area contributed by atoms with E-state index in [9.17, 15) is 9.59 Å². The summed E-state index contributed by atoms with van der Waals surface area (Å²) in [6, 6.07) is 14.7. The summed E-state index contributed by atoms with van der Waals surface area (Å²) in [6.45, 7) is 0. The monoisotopic (exact) mass is 321 g/mol. The standard InChI is InChI=1S/C17H15N5O2/c18-9-12(17(24)22-15-7-3-13(19)4-8-15)10-21-14-5-1-11(2-6-14)16(20)23/h1-8,10,21H,19H2,(H2,20,23)(H,22,24)/b12-10-. The van der Waals surface area contributed by atoms with E-state index in [0.29, 0.717) is 22.6 Å². The van der Waals surface area contributed by atoms with Gasteiger partial charge in [-0.25, -0.2) is 0 Å². The highest BCUT2D eigenvalue weighted by molar-refractivity contribution is 6.06. The second kappa shape index (κ2) is 7.47. The molecule has 7 heteroatoms. The van der Waals surface area contributed by atoms with Gasteiger partial charge in [-0.15, -0.1) is 0 Å². The van der Waals surface area contributed by atoms with Crippen molar-refractivity contribution in [2.24, 2.45) is 5.73 Å². The molecule has 0 spiro atoms. The van der Waals surface area contributed by atoms with Crippen LogP contribution in [0.5, 0.6) is 0 Å². The number of carbonyl (C=O) groups is 2. The summed E-state index contributed by atoms with van der Waals surface area (Å²) in [4.78, 5) is 23.1. The van der Waals surface area contributed by atoms with Crippen LogP contribution >= 0.6 is 0 Å². The van der Waals surface area contributed by atoms with E-state index in [1.54, 1.807) is 48.5 Å². The summed E-state index contributed by atoms with van der Waals surface area (Å²) in [5.41, 5.74) is 12.7. The molecule has 2 aromatic rings. The SMILES string of the molecule is N#C/C(=C/Nc1ccc(C(N)=O)cc1)C(=O)Nc1ccc(N)cc1. The number of nitrogens with one attached hydrogen (secondary N) is 2. The first-order valence-electron chi connectivity index (χ1n) is 6.93. The molecule has 0 fully saturated rings. The lowest BCUT2D eigenvalue weighted by Gasteiger charge is -2.06. The number of hydrogen-bond donors (Lipinski definition) is 4. The molecule has 0 saturated heterocycles. The number of hydrogen-bond acceptors (Lipinski definition) is 5. The molecule has 120 valence electrons. The number of nitrogens with zero attached hydrogens (tertiary/aromatic N) is 1. The molecule has 0 unspecified atom stereocenters. The van der Waals surface area contributed by atoms with Crippen LogP contribution < -0.4 is 22.1 Å². The molecule has 0 aliphatic carbocycles. The van der Waals surface area contributed by atoms with Crippen molar-refractivity contribution in [3.63, 3.8) is 0 Å². The van der Waals surface area contributed by atoms with E-state index in [2.05, 4.69) is 10.6 Å². The lowest BCUT2D eigenvalue weighted by atomic mass is 10.2. The Morgan fingerprint density at radius 3 is 2.12 bits per heavy atom. The number of rotatable bonds is 5. The van der Waals surface area contributed by atoms with Crippen LogP contribution in [0, 0.1) is 11.3 Å². The molecule has 0 saturated carbocycles. The number of amides is 2. The summed E-state index contributed by atoms with van der Waals surface area (Å²) in [5.74, 6) is -1.08. The van der Waals surface area contributed by atoms with Gasteiger partial charge in [0.2, 0.25) is 5.91 Å². The number of primary amides is 1. The smallest absolute Gasteiger partial charge is 0.267 e. The predicted octanol–water partition coefficient (Wildman–Crippen LogP) is 1.83. The summed E-state index contributed by atoms with van der Waals surface area (Å²) in [7, 11) is 0. The highest BCUT2D eigenvalue weighted by atomic mass is 16.2. The Kier molecular flexibility index (Phi) is 5.16. The molecule has 2 rings (SSSR count). The molecule has 7 nitrogen and oxygen atoms in total. The highest BCUT2D eigenvalue weighted by Crippen LogP contribution is 2.13. The molecular weight excluding hydrogens is 306 g/mol. The van der Waals surface area contributed by atoms with Crippen LogP contribution in [0.2, 0.25) is 0 Å². The molecule has 0 atom stereocenters. The van der Waals surface area contributed by atoms with Crippen LogP contribution in [0.25, 0.3) is 0 Å². The second-order valence-electron chi connectivity index (χ2n) is 4.83. The lowest BCUT2D eigenvalue weighted by Crippen LogP contribution is -2.14. The molecule has 0 aliphatic rings. The normalized spacial score (nSPS) is 10.5. The number of carbonyl (C=O) groups excluding carboxylic acids is 2.